The quantitative estimate of drug-likeness (QED) is 0.493. The number of amides is 2. The molecule has 1 fully saturated rings. The number of piperidine rings is 1. The van der Waals surface area contributed by atoms with E-state index in [0.717, 1.165) is 11.1 Å². The third kappa shape index (κ3) is 9.52. The number of ether oxygens (including phenoxy) is 1. The maximum atomic E-state index is 13.3. The van der Waals surface area contributed by atoms with Crippen molar-refractivity contribution in [3.8, 4) is 5.75 Å². The molecule has 37 heavy (non-hydrogen) atoms. The number of aliphatic carboxylic acids is 1. The van der Waals surface area contributed by atoms with Gasteiger partial charge in [-0.25, -0.2) is 9.18 Å². The predicted octanol–water partition coefficient (Wildman–Crippen LogP) is 4.38. The molecular formula is C29H37FN2O5. The molecule has 1 saturated heterocycles. The number of carbonyl (C=O) groups excluding carboxylic acids is 2. The van der Waals surface area contributed by atoms with Gasteiger partial charge in [0.05, 0.1) is 0 Å². The molecule has 1 atom stereocenters. The number of nitrogens with one attached hydrogen (secondary N) is 1. The Balaban J connectivity index is 1.42. The molecule has 0 aliphatic carbocycles. The first-order chi connectivity index (χ1) is 17.5. The van der Waals surface area contributed by atoms with E-state index in [-0.39, 0.29) is 42.0 Å². The van der Waals surface area contributed by atoms with Gasteiger partial charge in [0.1, 0.15) is 23.2 Å². The number of nitrogens with zero attached hydrogens (tertiary/aromatic N) is 1. The fourth-order valence-electron chi connectivity index (χ4n) is 4.49. The molecule has 7 nitrogen and oxygen atoms in total. The highest BCUT2D eigenvalue weighted by atomic mass is 19.1. The molecule has 1 heterocycles. The Hall–Kier alpha value is -3.42. The second-order valence-corrected chi connectivity index (χ2v) is 10.7. The summed E-state index contributed by atoms with van der Waals surface area (Å²) in [6.07, 6.45) is 2.58. The lowest BCUT2D eigenvalue weighted by Crippen LogP contribution is -2.44. The Morgan fingerprint density at radius 3 is 2.35 bits per heavy atom. The third-order valence-electron chi connectivity index (χ3n) is 6.38. The van der Waals surface area contributed by atoms with Crippen molar-refractivity contribution in [3.63, 3.8) is 0 Å². The topological polar surface area (TPSA) is 95.9 Å². The van der Waals surface area contributed by atoms with Crippen molar-refractivity contribution < 1.29 is 28.6 Å². The Morgan fingerprint density at radius 2 is 1.76 bits per heavy atom. The number of aryl methyl sites for hydroxylation is 1. The van der Waals surface area contributed by atoms with Gasteiger partial charge in [-0.05, 0) is 81.3 Å². The minimum absolute atomic E-state index is 0.0250. The van der Waals surface area contributed by atoms with Crippen LogP contribution in [0.25, 0.3) is 0 Å². The van der Waals surface area contributed by atoms with Gasteiger partial charge in [0.25, 0.3) is 0 Å². The number of carbonyl (C=O) groups is 3. The number of carboxylic acid groups (broad SMARTS) is 1. The van der Waals surface area contributed by atoms with Crippen molar-refractivity contribution >= 4 is 17.8 Å². The number of likely N-dealkylation sites (tertiary alicyclic amines) is 1. The van der Waals surface area contributed by atoms with E-state index in [1.54, 1.807) is 23.1 Å². The molecular weight excluding hydrogens is 475 g/mol. The third-order valence-corrected chi connectivity index (χ3v) is 6.38. The van der Waals surface area contributed by atoms with Gasteiger partial charge in [0.15, 0.2) is 0 Å². The largest absolute Gasteiger partial charge is 0.488 e. The smallest absolute Gasteiger partial charge is 0.326 e. The normalized spacial score (nSPS) is 15.2. The van der Waals surface area contributed by atoms with Crippen LogP contribution in [-0.2, 0) is 27.2 Å². The van der Waals surface area contributed by atoms with Crippen LogP contribution >= 0.6 is 0 Å². The molecule has 2 aromatic rings. The summed E-state index contributed by atoms with van der Waals surface area (Å²) in [5.74, 6) is -0.866. The zero-order valence-electron chi connectivity index (χ0n) is 21.8. The van der Waals surface area contributed by atoms with Crippen molar-refractivity contribution in [3.05, 3.63) is 65.5 Å². The lowest BCUT2D eigenvalue weighted by Gasteiger charge is -2.32. The van der Waals surface area contributed by atoms with Crippen LogP contribution in [0.3, 0.4) is 0 Å². The molecule has 3 rings (SSSR count). The summed E-state index contributed by atoms with van der Waals surface area (Å²) < 4.78 is 19.1. The minimum atomic E-state index is -1.08. The molecule has 2 amide bonds. The van der Waals surface area contributed by atoms with Crippen molar-refractivity contribution in [1.29, 1.82) is 0 Å². The zero-order chi connectivity index (χ0) is 27.0. The summed E-state index contributed by atoms with van der Waals surface area (Å²) in [5, 5.41) is 12.3. The summed E-state index contributed by atoms with van der Waals surface area (Å²) in [6.45, 7) is 6.98. The molecule has 2 N–H and O–H groups in total. The Bertz CT molecular complexity index is 1070. The molecule has 8 heteroatoms. The standard InChI is InChI=1S/C29H37FN2O5/c1-29(2,3)37-24-10-7-21(8-11-24)18-25(28(35)36)31-26(33)19-22-13-15-32(16-14-22)27(34)12-9-20-5-4-6-23(30)17-20/h4-8,10-11,17,22,25H,9,12-16,18-19H2,1-3H3,(H,31,33)(H,35,36). The summed E-state index contributed by atoms with van der Waals surface area (Å²) in [7, 11) is 0. The van der Waals surface area contributed by atoms with Crippen LogP contribution < -0.4 is 10.1 Å². The molecule has 0 bridgehead atoms. The highest BCUT2D eigenvalue weighted by Crippen LogP contribution is 2.22. The average molecular weight is 513 g/mol. The van der Waals surface area contributed by atoms with E-state index in [0.29, 0.717) is 44.5 Å². The molecule has 0 saturated carbocycles. The van der Waals surface area contributed by atoms with Crippen LogP contribution in [0, 0.1) is 11.7 Å². The zero-order valence-corrected chi connectivity index (χ0v) is 21.8. The van der Waals surface area contributed by atoms with E-state index in [9.17, 15) is 23.9 Å². The van der Waals surface area contributed by atoms with Gasteiger partial charge in [-0.2, -0.15) is 0 Å². The molecule has 1 unspecified atom stereocenters. The Labute approximate surface area is 218 Å². The van der Waals surface area contributed by atoms with Crippen LogP contribution in [0.2, 0.25) is 0 Å². The van der Waals surface area contributed by atoms with Crippen molar-refractivity contribution in [1.82, 2.24) is 10.2 Å². The molecule has 1 aliphatic rings. The fourth-order valence-corrected chi connectivity index (χ4v) is 4.49. The number of hydrogen-bond acceptors (Lipinski definition) is 4. The first-order valence-electron chi connectivity index (χ1n) is 12.8. The van der Waals surface area contributed by atoms with E-state index < -0.39 is 12.0 Å². The lowest BCUT2D eigenvalue weighted by atomic mass is 9.92. The van der Waals surface area contributed by atoms with E-state index in [1.807, 2.05) is 39.0 Å². The van der Waals surface area contributed by atoms with E-state index in [2.05, 4.69) is 5.32 Å². The summed E-state index contributed by atoms with van der Waals surface area (Å²) in [6, 6.07) is 12.5. The van der Waals surface area contributed by atoms with Gasteiger partial charge in [-0.1, -0.05) is 24.3 Å². The van der Waals surface area contributed by atoms with Gasteiger partial charge in [0.2, 0.25) is 11.8 Å². The Kier molecular flexibility index (Phi) is 9.66. The van der Waals surface area contributed by atoms with Crippen LogP contribution in [0.5, 0.6) is 5.75 Å². The fraction of sp³-hybridized carbons (Fsp3) is 0.483. The highest BCUT2D eigenvalue weighted by molar-refractivity contribution is 5.84. The first-order valence-corrected chi connectivity index (χ1v) is 12.8. The van der Waals surface area contributed by atoms with E-state index >= 15 is 0 Å². The van der Waals surface area contributed by atoms with Gasteiger partial charge in [-0.15, -0.1) is 0 Å². The summed E-state index contributed by atoms with van der Waals surface area (Å²) in [5.41, 5.74) is 1.26. The Morgan fingerprint density at radius 1 is 1.08 bits per heavy atom. The van der Waals surface area contributed by atoms with Crippen molar-refractivity contribution in [2.75, 3.05) is 13.1 Å². The van der Waals surface area contributed by atoms with Crippen LogP contribution in [0.1, 0.15) is 57.6 Å². The number of hydrogen-bond donors (Lipinski definition) is 2. The molecule has 1 aliphatic heterocycles. The molecule has 2 aromatic carbocycles. The minimum Gasteiger partial charge on any atom is -0.488 e. The van der Waals surface area contributed by atoms with Crippen molar-refractivity contribution in [2.24, 2.45) is 5.92 Å². The van der Waals surface area contributed by atoms with E-state index in [1.165, 1.54) is 12.1 Å². The van der Waals surface area contributed by atoms with Crippen LogP contribution in [-0.4, -0.2) is 52.5 Å². The monoisotopic (exact) mass is 512 g/mol. The van der Waals surface area contributed by atoms with Gasteiger partial charge in [0, 0.05) is 32.4 Å². The van der Waals surface area contributed by atoms with Gasteiger partial charge >= 0.3 is 5.97 Å². The van der Waals surface area contributed by atoms with Crippen LogP contribution in [0.15, 0.2) is 48.5 Å². The number of carboxylic acids is 1. The maximum absolute atomic E-state index is 13.3. The average Bonchev–Trinajstić information content (AvgIpc) is 2.83. The van der Waals surface area contributed by atoms with Gasteiger partial charge in [-0.3, -0.25) is 9.59 Å². The van der Waals surface area contributed by atoms with Crippen LogP contribution in [0.4, 0.5) is 4.39 Å². The number of rotatable bonds is 10. The first kappa shape index (κ1) is 28.2. The van der Waals surface area contributed by atoms with Crippen molar-refractivity contribution in [2.45, 2.75) is 70.9 Å². The summed E-state index contributed by atoms with van der Waals surface area (Å²) >= 11 is 0. The molecule has 0 radical (unpaired) electrons. The highest BCUT2D eigenvalue weighted by Gasteiger charge is 2.26. The van der Waals surface area contributed by atoms with E-state index in [4.69, 9.17) is 4.74 Å². The lowest BCUT2D eigenvalue weighted by molar-refractivity contribution is -0.142. The second kappa shape index (κ2) is 12.7. The number of benzene rings is 2. The summed E-state index contributed by atoms with van der Waals surface area (Å²) in [4.78, 5) is 38.7. The SMILES string of the molecule is CC(C)(C)Oc1ccc(CC(NC(=O)CC2CCN(C(=O)CCc3cccc(F)c3)CC2)C(=O)O)cc1. The second-order valence-electron chi connectivity index (χ2n) is 10.7. The predicted molar refractivity (Wildman–Crippen MR) is 139 cm³/mol. The maximum Gasteiger partial charge on any atom is 0.326 e. The van der Waals surface area contributed by atoms with Gasteiger partial charge < -0.3 is 20.1 Å². The molecule has 0 spiro atoms. The number of halogens is 1. The molecule has 0 aromatic heterocycles. The molecule has 200 valence electrons.